The molecule has 18 heavy (non-hydrogen) atoms. The van der Waals surface area contributed by atoms with Gasteiger partial charge in [-0.3, -0.25) is 0 Å². The summed E-state index contributed by atoms with van der Waals surface area (Å²) in [4.78, 5) is 0. The zero-order valence-corrected chi connectivity index (χ0v) is 10.9. The highest BCUT2D eigenvalue weighted by atomic mass is 16.3. The molecule has 0 aliphatic heterocycles. The second-order valence-corrected chi connectivity index (χ2v) is 4.55. The first-order valence-corrected chi connectivity index (χ1v) is 6.21. The van der Waals surface area contributed by atoms with Crippen molar-refractivity contribution in [1.82, 2.24) is 0 Å². The summed E-state index contributed by atoms with van der Waals surface area (Å²) in [6.45, 7) is 4.25. The first kappa shape index (κ1) is 12.7. The molecule has 0 aliphatic rings. The Labute approximate surface area is 108 Å². The topological polar surface area (TPSA) is 32.3 Å². The van der Waals surface area contributed by atoms with E-state index in [1.54, 1.807) is 0 Å². The van der Waals surface area contributed by atoms with Crippen molar-refractivity contribution in [2.45, 2.75) is 19.9 Å². The lowest BCUT2D eigenvalue weighted by atomic mass is 9.96. The number of aliphatic hydroxyl groups is 1. The van der Waals surface area contributed by atoms with Gasteiger partial charge in [-0.25, -0.2) is 0 Å². The molecule has 2 heteroatoms. The van der Waals surface area contributed by atoms with E-state index in [1.165, 1.54) is 16.7 Å². The van der Waals surface area contributed by atoms with E-state index in [9.17, 15) is 5.11 Å². The molecule has 94 valence electrons. The van der Waals surface area contributed by atoms with Crippen molar-refractivity contribution < 1.29 is 5.11 Å². The molecule has 0 aromatic heterocycles. The molecule has 0 radical (unpaired) electrons. The van der Waals surface area contributed by atoms with E-state index in [0.717, 1.165) is 5.69 Å². The number of benzene rings is 2. The highest BCUT2D eigenvalue weighted by Crippen LogP contribution is 2.25. The normalized spacial score (nSPS) is 12.2. The average Bonchev–Trinajstić information content (AvgIpc) is 2.38. The number of hydrogen-bond acceptors (Lipinski definition) is 2. The maximum absolute atomic E-state index is 9.63. The molecule has 0 aliphatic carbocycles. The molecule has 2 N–H and O–H groups in total. The number of nitrogens with one attached hydrogen (secondary N) is 1. The Kier molecular flexibility index (Phi) is 4.00. The Morgan fingerprint density at radius 1 is 0.944 bits per heavy atom. The van der Waals surface area contributed by atoms with E-state index in [1.807, 2.05) is 36.4 Å². The van der Waals surface area contributed by atoms with Crippen molar-refractivity contribution in [3.8, 4) is 0 Å². The predicted molar refractivity (Wildman–Crippen MR) is 75.8 cm³/mol. The fourth-order valence-corrected chi connectivity index (χ4v) is 2.32. The first-order valence-electron chi connectivity index (χ1n) is 6.21. The van der Waals surface area contributed by atoms with Crippen LogP contribution in [0, 0.1) is 13.8 Å². The third-order valence-electron chi connectivity index (χ3n) is 3.19. The quantitative estimate of drug-likeness (QED) is 0.859. The number of anilines is 1. The van der Waals surface area contributed by atoms with Gasteiger partial charge in [0.25, 0.3) is 0 Å². The number of aliphatic hydroxyl groups excluding tert-OH is 1. The van der Waals surface area contributed by atoms with E-state index >= 15 is 0 Å². The van der Waals surface area contributed by atoms with Crippen LogP contribution in [-0.2, 0) is 0 Å². The van der Waals surface area contributed by atoms with Crippen LogP contribution in [0.1, 0.15) is 22.7 Å². The Balaban J connectivity index is 2.29. The van der Waals surface area contributed by atoms with Crippen LogP contribution in [-0.4, -0.2) is 11.7 Å². The van der Waals surface area contributed by atoms with Crippen molar-refractivity contribution in [3.63, 3.8) is 0 Å². The minimum Gasteiger partial charge on any atom is -0.394 e. The van der Waals surface area contributed by atoms with Crippen molar-refractivity contribution in [2.24, 2.45) is 0 Å². The third kappa shape index (κ3) is 2.71. The van der Waals surface area contributed by atoms with Crippen LogP contribution in [0.3, 0.4) is 0 Å². The van der Waals surface area contributed by atoms with Crippen LogP contribution < -0.4 is 5.32 Å². The number of aryl methyl sites for hydroxylation is 2. The minimum atomic E-state index is -0.0615. The Bertz CT molecular complexity index is 488. The lowest BCUT2D eigenvalue weighted by molar-refractivity contribution is 0.275. The number of hydrogen-bond donors (Lipinski definition) is 2. The van der Waals surface area contributed by atoms with Gasteiger partial charge in [0.05, 0.1) is 12.6 Å². The Morgan fingerprint density at radius 3 is 2.11 bits per heavy atom. The second kappa shape index (κ2) is 5.69. The smallest absolute Gasteiger partial charge is 0.0750 e. The molecule has 2 aromatic rings. The fourth-order valence-electron chi connectivity index (χ4n) is 2.32. The zero-order chi connectivity index (χ0) is 13.0. The summed E-state index contributed by atoms with van der Waals surface area (Å²) in [6, 6.07) is 16.1. The highest BCUT2D eigenvalue weighted by molar-refractivity contribution is 5.47. The SMILES string of the molecule is Cc1cccc(C)c1C(CO)Nc1ccccc1. The standard InChI is InChI=1S/C16H19NO/c1-12-7-6-8-13(2)16(12)15(11-18)17-14-9-4-3-5-10-14/h3-10,15,17-18H,11H2,1-2H3. The van der Waals surface area contributed by atoms with Crippen LogP contribution in [0.2, 0.25) is 0 Å². The molecule has 2 rings (SSSR count). The van der Waals surface area contributed by atoms with E-state index in [0.29, 0.717) is 0 Å². The molecule has 0 bridgehead atoms. The predicted octanol–water partition coefficient (Wildman–Crippen LogP) is 3.45. The molecule has 1 unspecified atom stereocenters. The maximum atomic E-state index is 9.63. The van der Waals surface area contributed by atoms with Crippen LogP contribution in [0.4, 0.5) is 5.69 Å². The van der Waals surface area contributed by atoms with Crippen molar-refractivity contribution in [1.29, 1.82) is 0 Å². The molecule has 2 aromatic carbocycles. The van der Waals surface area contributed by atoms with Gasteiger partial charge in [0.1, 0.15) is 0 Å². The van der Waals surface area contributed by atoms with Gasteiger partial charge in [-0.2, -0.15) is 0 Å². The first-order chi connectivity index (χ1) is 8.72. The molecule has 0 fully saturated rings. The Hall–Kier alpha value is -1.80. The van der Waals surface area contributed by atoms with E-state index < -0.39 is 0 Å². The number of rotatable bonds is 4. The third-order valence-corrected chi connectivity index (χ3v) is 3.19. The molecule has 2 nitrogen and oxygen atoms in total. The summed E-state index contributed by atoms with van der Waals surface area (Å²) < 4.78 is 0. The molecule has 0 saturated heterocycles. The second-order valence-electron chi connectivity index (χ2n) is 4.55. The molecular formula is C16H19NO. The number of para-hydroxylation sites is 1. The van der Waals surface area contributed by atoms with Crippen molar-refractivity contribution in [3.05, 3.63) is 65.2 Å². The molecule has 0 saturated carbocycles. The Morgan fingerprint density at radius 2 is 1.56 bits per heavy atom. The van der Waals surface area contributed by atoms with E-state index in [4.69, 9.17) is 0 Å². The molecule has 0 heterocycles. The van der Waals surface area contributed by atoms with Crippen LogP contribution in [0.15, 0.2) is 48.5 Å². The molecule has 1 atom stereocenters. The van der Waals surface area contributed by atoms with E-state index in [2.05, 4.69) is 31.3 Å². The van der Waals surface area contributed by atoms with Gasteiger partial charge in [-0.1, -0.05) is 36.4 Å². The van der Waals surface area contributed by atoms with Gasteiger partial charge in [-0.05, 0) is 42.7 Å². The maximum Gasteiger partial charge on any atom is 0.0750 e. The lowest BCUT2D eigenvalue weighted by Crippen LogP contribution is -2.17. The lowest BCUT2D eigenvalue weighted by Gasteiger charge is -2.22. The summed E-state index contributed by atoms with van der Waals surface area (Å²) >= 11 is 0. The summed E-state index contributed by atoms with van der Waals surface area (Å²) in [7, 11) is 0. The summed E-state index contributed by atoms with van der Waals surface area (Å²) in [6.07, 6.45) is 0. The molecule has 0 amide bonds. The highest BCUT2D eigenvalue weighted by Gasteiger charge is 2.14. The van der Waals surface area contributed by atoms with Crippen LogP contribution >= 0.6 is 0 Å². The van der Waals surface area contributed by atoms with Gasteiger partial charge >= 0.3 is 0 Å². The van der Waals surface area contributed by atoms with Gasteiger partial charge in [0.15, 0.2) is 0 Å². The monoisotopic (exact) mass is 241 g/mol. The summed E-state index contributed by atoms with van der Waals surface area (Å²) in [5, 5.41) is 13.0. The molecular weight excluding hydrogens is 222 g/mol. The molecule has 0 spiro atoms. The van der Waals surface area contributed by atoms with Crippen LogP contribution in [0.5, 0.6) is 0 Å². The average molecular weight is 241 g/mol. The van der Waals surface area contributed by atoms with Crippen molar-refractivity contribution >= 4 is 5.69 Å². The van der Waals surface area contributed by atoms with Gasteiger partial charge in [0.2, 0.25) is 0 Å². The van der Waals surface area contributed by atoms with Crippen LogP contribution in [0.25, 0.3) is 0 Å². The van der Waals surface area contributed by atoms with Gasteiger partial charge < -0.3 is 10.4 Å². The minimum absolute atomic E-state index is 0.0615. The van der Waals surface area contributed by atoms with Crippen molar-refractivity contribution in [2.75, 3.05) is 11.9 Å². The largest absolute Gasteiger partial charge is 0.394 e. The fraction of sp³-hybridized carbons (Fsp3) is 0.250. The summed E-state index contributed by atoms with van der Waals surface area (Å²) in [5.41, 5.74) is 4.62. The zero-order valence-electron chi connectivity index (χ0n) is 10.9. The summed E-state index contributed by atoms with van der Waals surface area (Å²) in [5.74, 6) is 0. The van der Waals surface area contributed by atoms with Gasteiger partial charge in [-0.15, -0.1) is 0 Å². The van der Waals surface area contributed by atoms with E-state index in [-0.39, 0.29) is 12.6 Å². The van der Waals surface area contributed by atoms with Gasteiger partial charge in [0, 0.05) is 5.69 Å².